The van der Waals surface area contributed by atoms with Crippen LogP contribution in [0.15, 0.2) is 18.2 Å². The normalized spacial score (nSPS) is 12.9. The second kappa shape index (κ2) is 5.23. The molecule has 0 aliphatic rings. The predicted molar refractivity (Wildman–Crippen MR) is 61.1 cm³/mol. The summed E-state index contributed by atoms with van der Waals surface area (Å²) in [5.74, 6) is -1.43. The summed E-state index contributed by atoms with van der Waals surface area (Å²) in [5.41, 5.74) is -0.581. The molecule has 0 aliphatic carbocycles. The summed E-state index contributed by atoms with van der Waals surface area (Å²) in [6.07, 6.45) is 1.08. The third kappa shape index (κ3) is 4.11. The minimum atomic E-state index is -0.763. The number of hydrogen-bond donors (Lipinski definition) is 0. The molecule has 17 heavy (non-hydrogen) atoms. The van der Waals surface area contributed by atoms with Crippen LogP contribution in [0.25, 0.3) is 0 Å². The molecule has 0 radical (unpaired) electrons. The molecule has 0 saturated heterocycles. The monoisotopic (exact) mass is 243 g/mol. The maximum Gasteiger partial charge on any atom is 0.184 e. The van der Waals surface area contributed by atoms with Gasteiger partial charge in [0.1, 0.15) is 17.2 Å². The zero-order chi connectivity index (χ0) is 13.1. The molecule has 3 nitrogen and oxygen atoms in total. The van der Waals surface area contributed by atoms with E-state index in [0.717, 1.165) is 18.3 Å². The molecule has 1 aromatic rings. The second-order valence-corrected chi connectivity index (χ2v) is 4.33. The molecule has 0 aromatic heterocycles. The van der Waals surface area contributed by atoms with Crippen molar-refractivity contribution >= 4 is 6.21 Å². The van der Waals surface area contributed by atoms with Crippen molar-refractivity contribution in [2.24, 2.45) is 0 Å². The van der Waals surface area contributed by atoms with Gasteiger partial charge >= 0.3 is 0 Å². The van der Waals surface area contributed by atoms with Gasteiger partial charge in [-0.3, -0.25) is 0 Å². The largest absolute Gasteiger partial charge is 0.624 e. The molecule has 0 fully saturated rings. The Hall–Kier alpha value is -1.49. The lowest BCUT2D eigenvalue weighted by molar-refractivity contribution is -0.473. The number of hydroxylamine groups is 1. The fourth-order valence-corrected chi connectivity index (χ4v) is 1.25. The summed E-state index contributed by atoms with van der Waals surface area (Å²) in [7, 11) is 1.49. The number of benzene rings is 1. The average Bonchev–Trinajstić information content (AvgIpc) is 2.21. The Morgan fingerprint density at radius 3 is 2.59 bits per heavy atom. The summed E-state index contributed by atoms with van der Waals surface area (Å²) in [4.78, 5) is 0. The van der Waals surface area contributed by atoms with Crippen molar-refractivity contribution in [1.82, 2.24) is 0 Å². The molecule has 94 valence electrons. The van der Waals surface area contributed by atoms with E-state index in [0.29, 0.717) is 4.74 Å². The van der Waals surface area contributed by atoms with Gasteiger partial charge in [-0.2, -0.15) is 0 Å². The van der Waals surface area contributed by atoms with E-state index in [9.17, 15) is 14.0 Å². The average molecular weight is 243 g/mol. The van der Waals surface area contributed by atoms with Crippen molar-refractivity contribution in [3.05, 3.63) is 40.6 Å². The van der Waals surface area contributed by atoms with Crippen molar-refractivity contribution < 1.29 is 18.3 Å². The number of ether oxygens (including phenoxy) is 1. The van der Waals surface area contributed by atoms with Gasteiger partial charge in [-0.1, -0.05) is 0 Å². The van der Waals surface area contributed by atoms with Crippen LogP contribution >= 0.6 is 0 Å². The number of halogens is 2. The first-order valence-electron chi connectivity index (χ1n) is 5.13. The highest BCUT2D eigenvalue weighted by Gasteiger charge is 2.21. The van der Waals surface area contributed by atoms with Crippen LogP contribution in [0.2, 0.25) is 0 Å². The standard InChI is InChI=1S/C12H15F2NO2/c1-12(2,17-3)8-15(16)7-9-4-5-10(13)6-11(9)14/h4-7H,8H2,1-3H3. The molecule has 5 heteroatoms. The van der Waals surface area contributed by atoms with Crippen molar-refractivity contribution in [2.45, 2.75) is 19.4 Å². The van der Waals surface area contributed by atoms with Crippen LogP contribution < -0.4 is 0 Å². The van der Waals surface area contributed by atoms with E-state index in [1.165, 1.54) is 13.2 Å². The van der Waals surface area contributed by atoms with Gasteiger partial charge in [0.25, 0.3) is 0 Å². The zero-order valence-corrected chi connectivity index (χ0v) is 10.0. The lowest BCUT2D eigenvalue weighted by Gasteiger charge is -2.20. The minimum absolute atomic E-state index is 0.0494. The highest BCUT2D eigenvalue weighted by molar-refractivity contribution is 5.75. The van der Waals surface area contributed by atoms with Gasteiger partial charge in [0, 0.05) is 13.2 Å². The van der Waals surface area contributed by atoms with Crippen LogP contribution in [0.3, 0.4) is 0 Å². The summed E-state index contributed by atoms with van der Waals surface area (Å²) in [6, 6.07) is 3.06. The predicted octanol–water partition coefficient (Wildman–Crippen LogP) is 2.32. The van der Waals surface area contributed by atoms with Crippen molar-refractivity contribution in [2.75, 3.05) is 13.7 Å². The number of rotatable bonds is 4. The van der Waals surface area contributed by atoms with Crippen molar-refractivity contribution in [3.63, 3.8) is 0 Å². The van der Waals surface area contributed by atoms with Gasteiger partial charge in [0.15, 0.2) is 12.8 Å². The lowest BCUT2D eigenvalue weighted by Crippen LogP contribution is -2.33. The second-order valence-electron chi connectivity index (χ2n) is 4.33. The number of hydrogen-bond acceptors (Lipinski definition) is 2. The third-order valence-corrected chi connectivity index (χ3v) is 2.33. The molecule has 0 heterocycles. The van der Waals surface area contributed by atoms with Crippen LogP contribution in [0.1, 0.15) is 19.4 Å². The van der Waals surface area contributed by atoms with Crippen molar-refractivity contribution in [3.8, 4) is 0 Å². The van der Waals surface area contributed by atoms with E-state index in [1.807, 2.05) is 0 Å². The first kappa shape index (κ1) is 13.6. The zero-order valence-electron chi connectivity index (χ0n) is 10.0. The van der Waals surface area contributed by atoms with E-state index >= 15 is 0 Å². The van der Waals surface area contributed by atoms with E-state index < -0.39 is 17.2 Å². The molecule has 0 spiro atoms. The van der Waals surface area contributed by atoms with Crippen LogP contribution in [-0.4, -0.2) is 30.2 Å². The summed E-state index contributed by atoms with van der Waals surface area (Å²) in [5, 5.41) is 11.5. The fourth-order valence-electron chi connectivity index (χ4n) is 1.25. The molecule has 1 rings (SSSR count). The molecule has 0 bridgehead atoms. The summed E-state index contributed by atoms with van der Waals surface area (Å²) < 4.78 is 31.6. The fraction of sp³-hybridized carbons (Fsp3) is 0.417. The SMILES string of the molecule is COC(C)(C)C[N+]([O-])=Cc1ccc(F)cc1F. The smallest absolute Gasteiger partial charge is 0.184 e. The maximum absolute atomic E-state index is 13.3. The van der Waals surface area contributed by atoms with Gasteiger partial charge < -0.3 is 9.94 Å². The highest BCUT2D eigenvalue weighted by atomic mass is 19.1. The highest BCUT2D eigenvalue weighted by Crippen LogP contribution is 2.09. The minimum Gasteiger partial charge on any atom is -0.624 e. The summed E-state index contributed by atoms with van der Waals surface area (Å²) in [6.45, 7) is 3.54. The van der Waals surface area contributed by atoms with E-state index in [2.05, 4.69) is 0 Å². The van der Waals surface area contributed by atoms with Gasteiger partial charge in [-0.25, -0.2) is 13.5 Å². The third-order valence-electron chi connectivity index (χ3n) is 2.33. The molecule has 0 atom stereocenters. The van der Waals surface area contributed by atoms with Crippen molar-refractivity contribution in [1.29, 1.82) is 0 Å². The van der Waals surface area contributed by atoms with Gasteiger partial charge in [-0.15, -0.1) is 0 Å². The van der Waals surface area contributed by atoms with Crippen LogP contribution in [0, 0.1) is 16.8 Å². The Balaban J connectivity index is 2.88. The molecule has 1 aromatic carbocycles. The lowest BCUT2D eigenvalue weighted by atomic mass is 10.1. The first-order valence-corrected chi connectivity index (χ1v) is 5.13. The molecular formula is C12H15F2NO2. The van der Waals surface area contributed by atoms with Crippen LogP contribution in [0.5, 0.6) is 0 Å². The van der Waals surface area contributed by atoms with E-state index in [-0.39, 0.29) is 12.1 Å². The van der Waals surface area contributed by atoms with E-state index in [1.54, 1.807) is 13.8 Å². The number of methoxy groups -OCH3 is 1. The van der Waals surface area contributed by atoms with Gasteiger partial charge in [0.05, 0.1) is 5.56 Å². The first-order chi connectivity index (χ1) is 7.84. The topological polar surface area (TPSA) is 35.3 Å². The Labute approximate surface area is 98.9 Å². The Bertz CT molecular complexity index is 431. The van der Waals surface area contributed by atoms with Crippen LogP contribution in [-0.2, 0) is 4.74 Å². The van der Waals surface area contributed by atoms with Gasteiger partial charge in [-0.05, 0) is 26.0 Å². The maximum atomic E-state index is 13.3. The Morgan fingerprint density at radius 1 is 1.41 bits per heavy atom. The quantitative estimate of drug-likeness (QED) is 0.352. The molecule has 0 saturated carbocycles. The molecule has 0 unspecified atom stereocenters. The Morgan fingerprint density at radius 2 is 2.06 bits per heavy atom. The molecule has 0 amide bonds. The molecular weight excluding hydrogens is 228 g/mol. The van der Waals surface area contributed by atoms with Gasteiger partial charge in [0.2, 0.25) is 0 Å². The van der Waals surface area contributed by atoms with E-state index in [4.69, 9.17) is 4.74 Å². The van der Waals surface area contributed by atoms with Crippen LogP contribution in [0.4, 0.5) is 8.78 Å². The Kier molecular flexibility index (Phi) is 4.17. The summed E-state index contributed by atoms with van der Waals surface area (Å²) >= 11 is 0. The number of nitrogens with zero attached hydrogens (tertiary/aromatic N) is 1. The molecule has 0 N–H and O–H groups in total. The molecule has 0 aliphatic heterocycles.